The third-order valence-electron chi connectivity index (χ3n) is 5.14. The summed E-state index contributed by atoms with van der Waals surface area (Å²) in [6.45, 7) is 0. The van der Waals surface area contributed by atoms with Crippen molar-refractivity contribution in [3.63, 3.8) is 0 Å². The van der Waals surface area contributed by atoms with E-state index in [2.05, 4.69) is 31.8 Å². The zero-order valence-corrected chi connectivity index (χ0v) is 22.5. The molecular formula is C28H18BrCl2N3O4. The number of nitrogens with one attached hydrogen (secondary N) is 2. The summed E-state index contributed by atoms with van der Waals surface area (Å²) < 4.78 is 6.33. The lowest BCUT2D eigenvalue weighted by molar-refractivity contribution is 0.0734. The smallest absolute Gasteiger partial charge is 0.343 e. The Morgan fingerprint density at radius 2 is 1.32 bits per heavy atom. The van der Waals surface area contributed by atoms with Crippen molar-refractivity contribution in [1.82, 2.24) is 5.43 Å². The number of carbonyl (C=O) groups excluding carboxylic acids is 3. The minimum absolute atomic E-state index is 0.223. The first-order chi connectivity index (χ1) is 18.3. The standard InChI is InChI=1S/C28H18BrCl2N3O4/c29-21-7-1-19(2-8-21)28(37)38-25-14-11-23(31)15-20(25)16-32-34-27(36)18-5-12-24(13-6-18)33-26(35)17-3-9-22(30)10-4-17/h1-16H,(H,33,35)(H,34,36)/b32-16+. The van der Waals surface area contributed by atoms with Crippen LogP contribution in [0.2, 0.25) is 10.0 Å². The van der Waals surface area contributed by atoms with E-state index in [9.17, 15) is 14.4 Å². The highest BCUT2D eigenvalue weighted by Crippen LogP contribution is 2.23. The van der Waals surface area contributed by atoms with Crippen LogP contribution in [0, 0.1) is 0 Å². The lowest BCUT2D eigenvalue weighted by atomic mass is 10.1. The van der Waals surface area contributed by atoms with Crippen molar-refractivity contribution in [3.05, 3.63) is 128 Å². The molecule has 7 nitrogen and oxygen atoms in total. The number of esters is 1. The second-order valence-corrected chi connectivity index (χ2v) is 9.60. The molecule has 38 heavy (non-hydrogen) atoms. The molecule has 0 fully saturated rings. The van der Waals surface area contributed by atoms with Gasteiger partial charge in [0.1, 0.15) is 5.75 Å². The summed E-state index contributed by atoms with van der Waals surface area (Å²) in [5.41, 5.74) is 4.46. The Kier molecular flexibility index (Phi) is 8.91. The Hall–Kier alpha value is -3.98. The fourth-order valence-electron chi connectivity index (χ4n) is 3.19. The van der Waals surface area contributed by atoms with E-state index in [-0.39, 0.29) is 11.7 Å². The number of hydrogen-bond acceptors (Lipinski definition) is 5. The molecule has 4 rings (SSSR count). The minimum Gasteiger partial charge on any atom is -0.422 e. The highest BCUT2D eigenvalue weighted by Gasteiger charge is 2.12. The average Bonchev–Trinajstić information content (AvgIpc) is 2.91. The van der Waals surface area contributed by atoms with Gasteiger partial charge in [-0.1, -0.05) is 39.1 Å². The molecule has 0 heterocycles. The fraction of sp³-hybridized carbons (Fsp3) is 0. The predicted molar refractivity (Wildman–Crippen MR) is 151 cm³/mol. The SMILES string of the molecule is O=C(N/N=C/c1cc(Cl)ccc1OC(=O)c1ccc(Br)cc1)c1ccc(NC(=O)c2ccc(Cl)cc2)cc1. The summed E-state index contributed by atoms with van der Waals surface area (Å²) in [4.78, 5) is 37.4. The van der Waals surface area contributed by atoms with Crippen LogP contribution >= 0.6 is 39.1 Å². The van der Waals surface area contributed by atoms with Crippen LogP contribution in [0.1, 0.15) is 36.6 Å². The maximum absolute atomic E-state index is 12.5. The maximum atomic E-state index is 12.5. The number of amides is 2. The zero-order chi connectivity index (χ0) is 27.1. The van der Waals surface area contributed by atoms with Crippen LogP contribution in [0.5, 0.6) is 5.75 Å². The lowest BCUT2D eigenvalue weighted by Crippen LogP contribution is -2.18. The highest BCUT2D eigenvalue weighted by molar-refractivity contribution is 9.10. The molecule has 4 aromatic carbocycles. The highest BCUT2D eigenvalue weighted by atomic mass is 79.9. The van der Waals surface area contributed by atoms with Gasteiger partial charge in [0, 0.05) is 36.9 Å². The lowest BCUT2D eigenvalue weighted by Gasteiger charge is -2.08. The van der Waals surface area contributed by atoms with Gasteiger partial charge in [-0.05, 0) is 91.0 Å². The van der Waals surface area contributed by atoms with Gasteiger partial charge in [0.2, 0.25) is 0 Å². The number of ether oxygens (including phenoxy) is 1. The molecular weight excluding hydrogens is 593 g/mol. The molecule has 0 saturated carbocycles. The van der Waals surface area contributed by atoms with Crippen molar-refractivity contribution in [3.8, 4) is 5.75 Å². The summed E-state index contributed by atoms with van der Waals surface area (Å²) in [7, 11) is 0. The Morgan fingerprint density at radius 3 is 2.00 bits per heavy atom. The topological polar surface area (TPSA) is 96.9 Å². The van der Waals surface area contributed by atoms with Gasteiger partial charge >= 0.3 is 5.97 Å². The van der Waals surface area contributed by atoms with Crippen molar-refractivity contribution in [2.45, 2.75) is 0 Å². The van der Waals surface area contributed by atoms with Crippen molar-refractivity contribution in [1.29, 1.82) is 0 Å². The van der Waals surface area contributed by atoms with E-state index in [1.165, 1.54) is 6.21 Å². The van der Waals surface area contributed by atoms with E-state index in [1.54, 1.807) is 91.0 Å². The van der Waals surface area contributed by atoms with Gasteiger partial charge in [-0.2, -0.15) is 5.10 Å². The quantitative estimate of drug-likeness (QED) is 0.102. The summed E-state index contributed by atoms with van der Waals surface area (Å²) in [5.74, 6) is -1.11. The van der Waals surface area contributed by atoms with Gasteiger partial charge in [0.25, 0.3) is 11.8 Å². The predicted octanol–water partition coefficient (Wildman–Crippen LogP) is 6.99. The number of rotatable bonds is 7. The van der Waals surface area contributed by atoms with Crippen LogP contribution < -0.4 is 15.5 Å². The van der Waals surface area contributed by atoms with Crippen LogP contribution in [0.15, 0.2) is 101 Å². The molecule has 0 radical (unpaired) electrons. The van der Waals surface area contributed by atoms with E-state index in [4.69, 9.17) is 27.9 Å². The molecule has 0 spiro atoms. The summed E-state index contributed by atoms with van der Waals surface area (Å²) >= 11 is 15.3. The molecule has 0 aromatic heterocycles. The number of anilines is 1. The minimum atomic E-state index is -0.554. The first-order valence-corrected chi connectivity index (χ1v) is 12.6. The monoisotopic (exact) mass is 609 g/mol. The molecule has 0 aliphatic rings. The molecule has 0 aliphatic carbocycles. The fourth-order valence-corrected chi connectivity index (χ4v) is 3.76. The van der Waals surface area contributed by atoms with E-state index in [1.807, 2.05) is 0 Å². The molecule has 4 aromatic rings. The molecule has 0 saturated heterocycles. The Labute approximate surface area is 236 Å². The largest absolute Gasteiger partial charge is 0.422 e. The van der Waals surface area contributed by atoms with Crippen molar-refractivity contribution >= 4 is 68.8 Å². The van der Waals surface area contributed by atoms with Crippen molar-refractivity contribution in [2.75, 3.05) is 5.32 Å². The number of hydrogen-bond donors (Lipinski definition) is 2. The van der Waals surface area contributed by atoms with Crippen LogP contribution in [-0.2, 0) is 0 Å². The average molecular weight is 611 g/mol. The van der Waals surface area contributed by atoms with E-state index < -0.39 is 11.9 Å². The van der Waals surface area contributed by atoms with Gasteiger partial charge in [-0.15, -0.1) is 0 Å². The van der Waals surface area contributed by atoms with E-state index in [0.29, 0.717) is 38.0 Å². The summed E-state index contributed by atoms with van der Waals surface area (Å²) in [6.07, 6.45) is 1.33. The molecule has 0 atom stereocenters. The van der Waals surface area contributed by atoms with Gasteiger partial charge in [-0.25, -0.2) is 10.2 Å². The number of halogens is 3. The number of benzene rings is 4. The van der Waals surface area contributed by atoms with Gasteiger partial charge in [0.15, 0.2) is 0 Å². The normalized spacial score (nSPS) is 10.7. The Morgan fingerprint density at radius 1 is 0.737 bits per heavy atom. The molecule has 0 bridgehead atoms. The molecule has 0 unspecified atom stereocenters. The Bertz CT molecular complexity index is 1510. The third kappa shape index (κ3) is 7.29. The maximum Gasteiger partial charge on any atom is 0.343 e. The zero-order valence-electron chi connectivity index (χ0n) is 19.5. The van der Waals surface area contributed by atoms with Crippen molar-refractivity contribution in [2.24, 2.45) is 5.10 Å². The first-order valence-electron chi connectivity index (χ1n) is 11.1. The number of nitrogens with zero attached hydrogens (tertiary/aromatic N) is 1. The molecule has 2 N–H and O–H groups in total. The molecule has 190 valence electrons. The summed E-state index contributed by atoms with van der Waals surface area (Å²) in [6, 6.07) is 24.2. The summed E-state index contributed by atoms with van der Waals surface area (Å²) in [5, 5.41) is 7.65. The first kappa shape index (κ1) is 27.1. The number of carbonyl (C=O) groups is 3. The van der Waals surface area contributed by atoms with Crippen molar-refractivity contribution < 1.29 is 19.1 Å². The second kappa shape index (κ2) is 12.5. The molecule has 0 aliphatic heterocycles. The second-order valence-electron chi connectivity index (χ2n) is 7.82. The Balaban J connectivity index is 1.38. The van der Waals surface area contributed by atoms with Crippen LogP contribution in [0.3, 0.4) is 0 Å². The van der Waals surface area contributed by atoms with Gasteiger partial charge < -0.3 is 10.1 Å². The number of hydrazone groups is 1. The third-order valence-corrected chi connectivity index (χ3v) is 6.15. The van der Waals surface area contributed by atoms with Crippen LogP contribution in [-0.4, -0.2) is 24.0 Å². The molecule has 10 heteroatoms. The van der Waals surface area contributed by atoms with E-state index >= 15 is 0 Å². The van der Waals surface area contributed by atoms with Gasteiger partial charge in [-0.3, -0.25) is 9.59 Å². The van der Waals surface area contributed by atoms with Crippen LogP contribution in [0.4, 0.5) is 5.69 Å². The van der Waals surface area contributed by atoms with E-state index in [0.717, 1.165) is 4.47 Å². The van der Waals surface area contributed by atoms with Crippen LogP contribution in [0.25, 0.3) is 0 Å². The van der Waals surface area contributed by atoms with Gasteiger partial charge in [0.05, 0.1) is 11.8 Å². The molecule has 2 amide bonds.